The van der Waals surface area contributed by atoms with Crippen LogP contribution in [-0.4, -0.2) is 35.5 Å². The van der Waals surface area contributed by atoms with E-state index < -0.39 is 23.8 Å². The lowest BCUT2D eigenvalue weighted by Crippen LogP contribution is -2.46. The molecule has 1 aromatic carbocycles. The number of carboxylic acids is 1. The van der Waals surface area contributed by atoms with Crippen molar-refractivity contribution < 1.29 is 19.5 Å². The van der Waals surface area contributed by atoms with Crippen molar-refractivity contribution in [3.05, 3.63) is 23.8 Å². The van der Waals surface area contributed by atoms with E-state index in [1.807, 2.05) is 13.8 Å². The molecule has 1 heterocycles. The Labute approximate surface area is 142 Å². The summed E-state index contributed by atoms with van der Waals surface area (Å²) in [6.45, 7) is 3.44. The van der Waals surface area contributed by atoms with E-state index in [-0.39, 0.29) is 12.5 Å². The van der Waals surface area contributed by atoms with Gasteiger partial charge < -0.3 is 15.7 Å². The molecule has 0 radical (unpaired) electrons. The Kier molecular flexibility index (Phi) is 5.80. The molecule has 24 heavy (non-hydrogen) atoms. The smallest absolute Gasteiger partial charge is 0.326 e. The Morgan fingerprint density at radius 2 is 1.92 bits per heavy atom. The number of carbonyl (C=O) groups excluding carboxylic acids is 2. The molecule has 0 spiro atoms. The number of nitrogens with zero attached hydrogens (tertiary/aromatic N) is 2. The molecular weight excluding hydrogens is 332 g/mol. The van der Waals surface area contributed by atoms with Gasteiger partial charge in [0, 0.05) is 5.56 Å². The summed E-state index contributed by atoms with van der Waals surface area (Å²) in [5.74, 6) is -1.95. The van der Waals surface area contributed by atoms with Gasteiger partial charge in [-0.05, 0) is 30.5 Å². The van der Waals surface area contributed by atoms with Gasteiger partial charge in [-0.3, -0.25) is 9.59 Å². The first-order valence-corrected chi connectivity index (χ1v) is 8.12. The third kappa shape index (κ3) is 4.72. The van der Waals surface area contributed by atoms with Crippen molar-refractivity contribution >= 4 is 40.5 Å². The first-order valence-electron chi connectivity index (χ1n) is 7.39. The molecule has 3 N–H and O–H groups in total. The first-order chi connectivity index (χ1) is 11.4. The SMILES string of the molecule is CC(C)C[C@H](NC(=O)CNC(=O)c1ccc2c(c1)N=S=N2)C(=O)O. The topological polar surface area (TPSA) is 120 Å². The summed E-state index contributed by atoms with van der Waals surface area (Å²) in [6.07, 6.45) is 0.322. The Bertz CT molecular complexity index is 741. The summed E-state index contributed by atoms with van der Waals surface area (Å²) in [5, 5.41) is 14.0. The largest absolute Gasteiger partial charge is 0.480 e. The fourth-order valence-corrected chi connectivity index (χ4v) is 2.64. The number of carboxylic acid groups (broad SMARTS) is 1. The highest BCUT2D eigenvalue weighted by Crippen LogP contribution is 2.31. The summed E-state index contributed by atoms with van der Waals surface area (Å²) < 4.78 is 8.09. The molecule has 9 heteroatoms. The van der Waals surface area contributed by atoms with Crippen LogP contribution < -0.4 is 10.6 Å². The fraction of sp³-hybridized carbons (Fsp3) is 0.400. The van der Waals surface area contributed by atoms with Gasteiger partial charge in [0.2, 0.25) is 5.91 Å². The highest BCUT2D eigenvalue weighted by Gasteiger charge is 2.21. The number of aliphatic carboxylic acids is 1. The molecule has 1 atom stereocenters. The monoisotopic (exact) mass is 350 g/mol. The van der Waals surface area contributed by atoms with E-state index in [0.29, 0.717) is 23.4 Å². The Morgan fingerprint density at radius 3 is 2.58 bits per heavy atom. The molecule has 8 nitrogen and oxygen atoms in total. The summed E-state index contributed by atoms with van der Waals surface area (Å²) >= 11 is 1.05. The van der Waals surface area contributed by atoms with Crippen molar-refractivity contribution in [2.75, 3.05) is 6.54 Å². The molecule has 1 aliphatic heterocycles. The van der Waals surface area contributed by atoms with Gasteiger partial charge in [-0.15, -0.1) is 0 Å². The maximum absolute atomic E-state index is 12.1. The molecule has 0 fully saturated rings. The number of nitrogens with one attached hydrogen (secondary N) is 2. The molecule has 0 saturated carbocycles. The molecule has 2 rings (SSSR count). The lowest BCUT2D eigenvalue weighted by atomic mass is 10.0. The Balaban J connectivity index is 1.88. The lowest BCUT2D eigenvalue weighted by molar-refractivity contribution is -0.142. The van der Waals surface area contributed by atoms with Crippen molar-refractivity contribution in [1.29, 1.82) is 0 Å². The quantitative estimate of drug-likeness (QED) is 0.704. The molecular formula is C15H18N4O4S. The standard InChI is InChI=1S/C15H18N4O4S/c1-8(2)5-12(15(22)23)17-13(20)7-16-14(21)9-3-4-10-11(6-9)19-24-18-10/h3-4,6,8,12H,5,7H2,1-2H3,(H,16,21)(H,17,20)(H,22,23)/t12-/m0/s1. The van der Waals surface area contributed by atoms with E-state index in [1.165, 1.54) is 0 Å². The van der Waals surface area contributed by atoms with Crippen LogP contribution in [0.15, 0.2) is 26.9 Å². The van der Waals surface area contributed by atoms with Crippen LogP contribution in [-0.2, 0) is 20.9 Å². The molecule has 0 saturated heterocycles. The van der Waals surface area contributed by atoms with E-state index in [2.05, 4.69) is 19.4 Å². The third-order valence-corrected chi connectivity index (χ3v) is 3.82. The minimum absolute atomic E-state index is 0.124. The summed E-state index contributed by atoms with van der Waals surface area (Å²) in [7, 11) is 0. The fourth-order valence-electron chi connectivity index (χ4n) is 2.12. The zero-order valence-corrected chi connectivity index (χ0v) is 14.1. The zero-order chi connectivity index (χ0) is 17.7. The van der Waals surface area contributed by atoms with E-state index >= 15 is 0 Å². The second kappa shape index (κ2) is 7.82. The Morgan fingerprint density at radius 1 is 1.21 bits per heavy atom. The van der Waals surface area contributed by atoms with Crippen molar-refractivity contribution in [2.24, 2.45) is 14.6 Å². The normalized spacial score (nSPS) is 13.1. The van der Waals surface area contributed by atoms with Gasteiger partial charge in [-0.25, -0.2) is 4.79 Å². The highest BCUT2D eigenvalue weighted by molar-refractivity contribution is 7.58. The van der Waals surface area contributed by atoms with Gasteiger partial charge in [-0.1, -0.05) is 13.8 Å². The number of benzene rings is 1. The van der Waals surface area contributed by atoms with Crippen LogP contribution in [0.3, 0.4) is 0 Å². The summed E-state index contributed by atoms with van der Waals surface area (Å²) in [6, 6.07) is 3.89. The first kappa shape index (κ1) is 17.8. The predicted molar refractivity (Wildman–Crippen MR) is 89.3 cm³/mol. The van der Waals surface area contributed by atoms with Gasteiger partial charge in [0.25, 0.3) is 5.91 Å². The number of amides is 2. The Hall–Kier alpha value is -2.55. The van der Waals surface area contributed by atoms with Gasteiger partial charge in [-0.2, -0.15) is 8.73 Å². The molecule has 0 aromatic heterocycles. The molecule has 1 aromatic rings. The van der Waals surface area contributed by atoms with Crippen LogP contribution in [0.1, 0.15) is 30.6 Å². The van der Waals surface area contributed by atoms with E-state index in [1.54, 1.807) is 18.2 Å². The summed E-state index contributed by atoms with van der Waals surface area (Å²) in [4.78, 5) is 35.0. The number of rotatable bonds is 7. The maximum atomic E-state index is 12.1. The van der Waals surface area contributed by atoms with Crippen LogP contribution >= 0.6 is 0 Å². The van der Waals surface area contributed by atoms with Gasteiger partial charge in [0.05, 0.1) is 17.9 Å². The minimum Gasteiger partial charge on any atom is -0.480 e. The van der Waals surface area contributed by atoms with Crippen LogP contribution in [0.5, 0.6) is 0 Å². The van der Waals surface area contributed by atoms with Crippen LogP contribution in [0.25, 0.3) is 0 Å². The van der Waals surface area contributed by atoms with E-state index in [4.69, 9.17) is 5.11 Å². The van der Waals surface area contributed by atoms with Gasteiger partial charge in [0.15, 0.2) is 0 Å². The number of hydrogen-bond acceptors (Lipinski definition) is 5. The number of carbonyl (C=O) groups is 3. The molecule has 2 amide bonds. The number of fused-ring (bicyclic) bond motifs is 1. The molecule has 0 bridgehead atoms. The summed E-state index contributed by atoms with van der Waals surface area (Å²) in [5.41, 5.74) is 1.67. The number of hydrogen-bond donors (Lipinski definition) is 3. The average molecular weight is 350 g/mol. The molecule has 1 aliphatic rings. The van der Waals surface area contributed by atoms with Crippen molar-refractivity contribution in [2.45, 2.75) is 26.3 Å². The van der Waals surface area contributed by atoms with Gasteiger partial charge in [0.1, 0.15) is 17.4 Å². The zero-order valence-electron chi connectivity index (χ0n) is 13.3. The van der Waals surface area contributed by atoms with E-state index in [0.717, 1.165) is 11.4 Å². The molecule has 0 unspecified atom stereocenters. The average Bonchev–Trinajstić information content (AvgIpc) is 2.98. The van der Waals surface area contributed by atoms with Crippen LogP contribution in [0, 0.1) is 5.92 Å². The van der Waals surface area contributed by atoms with Crippen molar-refractivity contribution in [3.8, 4) is 0 Å². The van der Waals surface area contributed by atoms with E-state index in [9.17, 15) is 14.4 Å². The lowest BCUT2D eigenvalue weighted by Gasteiger charge is -2.16. The van der Waals surface area contributed by atoms with Crippen LogP contribution in [0.2, 0.25) is 0 Å². The van der Waals surface area contributed by atoms with Gasteiger partial charge >= 0.3 is 5.97 Å². The maximum Gasteiger partial charge on any atom is 0.326 e. The highest BCUT2D eigenvalue weighted by atomic mass is 32.1. The second-order valence-corrected chi connectivity index (χ2v) is 6.27. The van der Waals surface area contributed by atoms with Crippen LogP contribution in [0.4, 0.5) is 11.4 Å². The second-order valence-electron chi connectivity index (χ2n) is 5.74. The predicted octanol–water partition coefficient (Wildman–Crippen LogP) is 1.76. The molecule has 128 valence electrons. The molecule has 0 aliphatic carbocycles. The third-order valence-electron chi connectivity index (χ3n) is 3.27. The van der Waals surface area contributed by atoms with Crippen molar-refractivity contribution in [3.63, 3.8) is 0 Å². The van der Waals surface area contributed by atoms with Crippen molar-refractivity contribution in [1.82, 2.24) is 10.6 Å². The minimum atomic E-state index is -1.09.